The second-order valence-electron chi connectivity index (χ2n) is 4.80. The smallest absolute Gasteiger partial charge is 0.0236 e. The second kappa shape index (κ2) is 4.34. The van der Waals surface area contributed by atoms with E-state index in [9.17, 15) is 0 Å². The lowest BCUT2D eigenvalue weighted by Crippen LogP contribution is -2.23. The highest BCUT2D eigenvalue weighted by Crippen LogP contribution is 2.29. The fourth-order valence-corrected chi connectivity index (χ4v) is 2.60. The fraction of sp³-hybridized carbons (Fsp3) is 0.250. The minimum atomic E-state index is 1.05. The van der Waals surface area contributed by atoms with Gasteiger partial charge in [-0.3, -0.25) is 0 Å². The van der Waals surface area contributed by atoms with E-state index in [2.05, 4.69) is 60.5 Å². The number of likely N-dealkylation sites (N-methyl/N-ethyl adjacent to an activating group) is 1. The van der Waals surface area contributed by atoms with Gasteiger partial charge in [-0.2, -0.15) is 0 Å². The molecule has 1 heterocycles. The molecule has 2 aromatic carbocycles. The van der Waals surface area contributed by atoms with Crippen LogP contribution in [0.5, 0.6) is 0 Å². The quantitative estimate of drug-likeness (QED) is 0.662. The number of hydrogen-bond acceptors (Lipinski definition) is 1. The van der Waals surface area contributed by atoms with E-state index in [1.165, 1.54) is 22.3 Å². The first-order valence-electron chi connectivity index (χ1n) is 6.19. The molecule has 3 rings (SSSR count). The standard InChI is InChI=1S/C16H17N/c1-17-11-10-13-6-2-4-8-15(13)16-9-5-3-7-14(16)12-17/h2-9H,10-12H2,1H3. The average Bonchev–Trinajstić information content (AvgIpc) is 2.36. The zero-order valence-electron chi connectivity index (χ0n) is 10.2. The van der Waals surface area contributed by atoms with Crippen molar-refractivity contribution in [1.29, 1.82) is 0 Å². The zero-order chi connectivity index (χ0) is 11.7. The van der Waals surface area contributed by atoms with Crippen molar-refractivity contribution < 1.29 is 0 Å². The molecule has 0 saturated carbocycles. The maximum atomic E-state index is 2.40. The van der Waals surface area contributed by atoms with E-state index in [1.54, 1.807) is 0 Å². The topological polar surface area (TPSA) is 3.24 Å². The van der Waals surface area contributed by atoms with Gasteiger partial charge < -0.3 is 4.90 Å². The third-order valence-electron chi connectivity index (χ3n) is 3.53. The van der Waals surface area contributed by atoms with E-state index >= 15 is 0 Å². The molecule has 0 atom stereocenters. The summed E-state index contributed by atoms with van der Waals surface area (Å²) in [5.74, 6) is 0. The third-order valence-corrected chi connectivity index (χ3v) is 3.53. The highest BCUT2D eigenvalue weighted by Gasteiger charge is 2.13. The van der Waals surface area contributed by atoms with Crippen LogP contribution in [0.3, 0.4) is 0 Å². The second-order valence-corrected chi connectivity index (χ2v) is 4.80. The first kappa shape index (κ1) is 10.5. The van der Waals surface area contributed by atoms with E-state index in [0.717, 1.165) is 19.5 Å². The maximum Gasteiger partial charge on any atom is 0.0236 e. The summed E-state index contributed by atoms with van der Waals surface area (Å²) in [5, 5.41) is 0. The van der Waals surface area contributed by atoms with Gasteiger partial charge in [-0.15, -0.1) is 0 Å². The van der Waals surface area contributed by atoms with Crippen LogP contribution in [0.4, 0.5) is 0 Å². The molecule has 0 bridgehead atoms. The summed E-state index contributed by atoms with van der Waals surface area (Å²) in [7, 11) is 2.20. The lowest BCUT2D eigenvalue weighted by molar-refractivity contribution is 0.330. The number of hydrogen-bond donors (Lipinski definition) is 0. The van der Waals surface area contributed by atoms with Gasteiger partial charge in [0.2, 0.25) is 0 Å². The van der Waals surface area contributed by atoms with Crippen LogP contribution in [0.1, 0.15) is 11.1 Å². The van der Waals surface area contributed by atoms with Crippen molar-refractivity contribution in [2.24, 2.45) is 0 Å². The largest absolute Gasteiger partial charge is 0.302 e. The van der Waals surface area contributed by atoms with Crippen molar-refractivity contribution in [3.63, 3.8) is 0 Å². The van der Waals surface area contributed by atoms with Crippen LogP contribution in [0, 0.1) is 0 Å². The Hall–Kier alpha value is -1.60. The Morgan fingerprint density at radius 2 is 1.41 bits per heavy atom. The Labute approximate surface area is 103 Å². The molecule has 17 heavy (non-hydrogen) atoms. The lowest BCUT2D eigenvalue weighted by Gasteiger charge is -2.24. The number of benzene rings is 2. The van der Waals surface area contributed by atoms with Crippen molar-refractivity contribution in [1.82, 2.24) is 4.90 Å². The van der Waals surface area contributed by atoms with Crippen LogP contribution >= 0.6 is 0 Å². The van der Waals surface area contributed by atoms with Gasteiger partial charge in [0.15, 0.2) is 0 Å². The molecule has 0 aliphatic carbocycles. The first-order valence-corrected chi connectivity index (χ1v) is 6.19. The normalized spacial score (nSPS) is 15.6. The van der Waals surface area contributed by atoms with Crippen LogP contribution < -0.4 is 0 Å². The number of rotatable bonds is 0. The van der Waals surface area contributed by atoms with Gasteiger partial charge in [-0.25, -0.2) is 0 Å². The van der Waals surface area contributed by atoms with E-state index in [0.29, 0.717) is 0 Å². The van der Waals surface area contributed by atoms with Gasteiger partial charge in [0.05, 0.1) is 0 Å². The zero-order valence-corrected chi connectivity index (χ0v) is 10.2. The van der Waals surface area contributed by atoms with Crippen LogP contribution in [-0.2, 0) is 13.0 Å². The van der Waals surface area contributed by atoms with Crippen molar-refractivity contribution in [3.05, 3.63) is 59.7 Å². The average molecular weight is 223 g/mol. The van der Waals surface area contributed by atoms with Gasteiger partial charge >= 0.3 is 0 Å². The summed E-state index contributed by atoms with van der Waals surface area (Å²) in [6.07, 6.45) is 1.14. The van der Waals surface area contributed by atoms with Crippen LogP contribution in [0.2, 0.25) is 0 Å². The molecule has 1 heteroatoms. The Bertz CT molecular complexity index is 531. The molecule has 0 radical (unpaired) electrons. The Morgan fingerprint density at radius 3 is 2.18 bits per heavy atom. The van der Waals surface area contributed by atoms with Gasteiger partial charge in [-0.1, -0.05) is 48.5 Å². The van der Waals surface area contributed by atoms with E-state index in [4.69, 9.17) is 0 Å². The van der Waals surface area contributed by atoms with Crippen LogP contribution in [0.25, 0.3) is 11.1 Å². The van der Waals surface area contributed by atoms with Crippen molar-refractivity contribution in [2.45, 2.75) is 13.0 Å². The minimum absolute atomic E-state index is 1.05. The monoisotopic (exact) mass is 223 g/mol. The Balaban J connectivity index is 2.20. The molecular weight excluding hydrogens is 206 g/mol. The van der Waals surface area contributed by atoms with Gasteiger partial charge in [-0.05, 0) is 35.7 Å². The highest BCUT2D eigenvalue weighted by atomic mass is 15.1. The predicted octanol–water partition coefficient (Wildman–Crippen LogP) is 3.34. The summed E-state index contributed by atoms with van der Waals surface area (Å²) in [4.78, 5) is 2.40. The first-order chi connectivity index (χ1) is 8.34. The van der Waals surface area contributed by atoms with Gasteiger partial charge in [0.25, 0.3) is 0 Å². The summed E-state index contributed by atoms with van der Waals surface area (Å²) in [6, 6.07) is 17.5. The molecule has 0 amide bonds. The lowest BCUT2D eigenvalue weighted by atomic mass is 9.92. The van der Waals surface area contributed by atoms with Crippen LogP contribution in [-0.4, -0.2) is 18.5 Å². The minimum Gasteiger partial charge on any atom is -0.302 e. The molecule has 1 aliphatic rings. The number of nitrogens with zero attached hydrogens (tertiary/aromatic N) is 1. The molecule has 0 fully saturated rings. The molecule has 0 aromatic heterocycles. The molecular formula is C16H17N. The molecule has 1 nitrogen and oxygen atoms in total. The van der Waals surface area contributed by atoms with E-state index < -0.39 is 0 Å². The molecule has 86 valence electrons. The fourth-order valence-electron chi connectivity index (χ4n) is 2.60. The molecule has 0 N–H and O–H groups in total. The molecule has 0 spiro atoms. The van der Waals surface area contributed by atoms with Gasteiger partial charge in [0, 0.05) is 13.1 Å². The molecule has 0 unspecified atom stereocenters. The Kier molecular flexibility index (Phi) is 2.69. The highest BCUT2D eigenvalue weighted by molar-refractivity contribution is 5.71. The van der Waals surface area contributed by atoms with Gasteiger partial charge in [0.1, 0.15) is 0 Å². The Morgan fingerprint density at radius 1 is 0.824 bits per heavy atom. The summed E-state index contributed by atoms with van der Waals surface area (Å²) in [5.41, 5.74) is 5.71. The maximum absolute atomic E-state index is 2.40. The SMILES string of the molecule is CN1CCc2ccccc2-c2ccccc2C1. The molecule has 2 aromatic rings. The third kappa shape index (κ3) is 1.98. The molecule has 0 saturated heterocycles. The van der Waals surface area contributed by atoms with Crippen LogP contribution in [0.15, 0.2) is 48.5 Å². The summed E-state index contributed by atoms with van der Waals surface area (Å²) >= 11 is 0. The molecule has 1 aliphatic heterocycles. The summed E-state index contributed by atoms with van der Waals surface area (Å²) in [6.45, 7) is 2.18. The van der Waals surface area contributed by atoms with E-state index in [1.807, 2.05) is 0 Å². The van der Waals surface area contributed by atoms with Crippen molar-refractivity contribution >= 4 is 0 Å². The number of fused-ring (bicyclic) bond motifs is 3. The van der Waals surface area contributed by atoms with Crippen molar-refractivity contribution in [2.75, 3.05) is 13.6 Å². The summed E-state index contributed by atoms with van der Waals surface area (Å²) < 4.78 is 0. The van der Waals surface area contributed by atoms with Crippen molar-refractivity contribution in [3.8, 4) is 11.1 Å². The van der Waals surface area contributed by atoms with E-state index in [-0.39, 0.29) is 0 Å². The predicted molar refractivity (Wildman–Crippen MR) is 71.9 cm³/mol.